The molecule has 0 fully saturated rings. The van der Waals surface area contributed by atoms with Gasteiger partial charge in [0.05, 0.1) is 27.5 Å². The number of rotatable bonds is 4. The Labute approximate surface area is 290 Å². The van der Waals surface area contributed by atoms with Gasteiger partial charge in [-0.05, 0) is 36.4 Å². The number of ether oxygens (including phenoxy) is 2. The normalized spacial score (nSPS) is 18.1. The molecule has 6 rings (SSSR count). The number of hydrogen-bond acceptors (Lipinski definition) is 4. The van der Waals surface area contributed by atoms with Gasteiger partial charge in [-0.3, -0.25) is 0 Å². The van der Waals surface area contributed by atoms with Gasteiger partial charge in [-0.2, -0.15) is 0 Å². The van der Waals surface area contributed by atoms with Crippen LogP contribution in [0.25, 0.3) is 11.5 Å². The second-order valence-electron chi connectivity index (χ2n) is 12.6. The molecule has 0 aromatic heterocycles. The Morgan fingerprint density at radius 2 is 0.750 bits per heavy atom. The third kappa shape index (κ3) is 7.52. The van der Waals surface area contributed by atoms with E-state index >= 15 is 0 Å². The number of aliphatic imine (C=N–C) groups is 2. The van der Waals surface area contributed by atoms with Gasteiger partial charge in [-0.25, -0.2) is 9.98 Å². The van der Waals surface area contributed by atoms with E-state index in [-0.39, 0.29) is 0 Å². The molecule has 0 amide bonds. The van der Waals surface area contributed by atoms with Gasteiger partial charge in [0.15, 0.2) is 0 Å². The minimum atomic E-state index is -1.43. The summed E-state index contributed by atoms with van der Waals surface area (Å²) >= 11 is 4.90. The van der Waals surface area contributed by atoms with Gasteiger partial charge < -0.3 is 9.47 Å². The molecule has 4 aromatic carbocycles. The van der Waals surface area contributed by atoms with Crippen molar-refractivity contribution in [1.29, 1.82) is 0 Å². The van der Waals surface area contributed by atoms with Crippen molar-refractivity contribution in [3.63, 3.8) is 0 Å². The van der Waals surface area contributed by atoms with E-state index in [4.69, 9.17) is 9.47 Å². The van der Waals surface area contributed by atoms with Gasteiger partial charge in [0, 0.05) is 28.7 Å². The van der Waals surface area contributed by atoms with Crippen molar-refractivity contribution in [1.82, 2.24) is 0 Å². The van der Waals surface area contributed by atoms with Gasteiger partial charge in [-0.1, -0.05) is 157 Å². The predicted octanol–water partition coefficient (Wildman–Crippen LogP) is 11.6. The molecule has 0 saturated carbocycles. The van der Waals surface area contributed by atoms with Crippen LogP contribution >= 0.6 is 45.2 Å². The summed E-state index contributed by atoms with van der Waals surface area (Å²) in [5, 5.41) is 0. The Hall–Kier alpha value is -2.81. The highest BCUT2D eigenvalue weighted by Crippen LogP contribution is 2.40. The molecule has 0 saturated heterocycles. The van der Waals surface area contributed by atoms with Crippen LogP contribution in [0.2, 0.25) is 39.3 Å². The molecule has 0 radical (unpaired) electrons. The number of benzene rings is 4. The molecule has 4 nitrogen and oxygen atoms in total. The lowest BCUT2D eigenvalue weighted by Gasteiger charge is -2.17. The lowest BCUT2D eigenvalue weighted by atomic mass is 10.1. The molecule has 8 heteroatoms. The summed E-state index contributed by atoms with van der Waals surface area (Å²) in [6, 6.07) is 36.5. The van der Waals surface area contributed by atoms with Crippen LogP contribution in [0.4, 0.5) is 11.4 Å². The standard InChI is InChI=1S/2C18H18INOSi/c2*1-22(2,3)17(19)16-14-11-7-8-12-15(14)18(21-16)20-13-9-5-4-6-10-13/h2*4-12H,1-3H3/b2*17-16-,20-18?. The number of halogens is 2. The molecule has 0 atom stereocenters. The molecule has 0 N–H and O–H groups in total. The van der Waals surface area contributed by atoms with Crippen LogP contribution in [0, 0.1) is 0 Å². The van der Waals surface area contributed by atoms with E-state index in [9.17, 15) is 0 Å². The largest absolute Gasteiger partial charge is 0.437 e. The minimum Gasteiger partial charge on any atom is -0.437 e. The summed E-state index contributed by atoms with van der Waals surface area (Å²) in [7, 11) is -2.86. The van der Waals surface area contributed by atoms with Crippen LogP contribution in [0.3, 0.4) is 0 Å². The molecule has 0 spiro atoms. The second-order valence-corrected chi connectivity index (χ2v) is 26.8. The maximum atomic E-state index is 6.18. The molecule has 0 aliphatic carbocycles. The molecule has 44 heavy (non-hydrogen) atoms. The van der Waals surface area contributed by atoms with E-state index in [0.29, 0.717) is 11.8 Å². The van der Waals surface area contributed by atoms with Crippen molar-refractivity contribution in [2.24, 2.45) is 9.98 Å². The lowest BCUT2D eigenvalue weighted by molar-refractivity contribution is 0.525. The highest BCUT2D eigenvalue weighted by Gasteiger charge is 2.32. The summed E-state index contributed by atoms with van der Waals surface area (Å²) in [5.41, 5.74) is 6.30. The maximum absolute atomic E-state index is 6.18. The predicted molar refractivity (Wildman–Crippen MR) is 209 cm³/mol. The zero-order chi connectivity index (χ0) is 31.5. The molecule has 2 aliphatic rings. The van der Waals surface area contributed by atoms with Gasteiger partial charge in [0.25, 0.3) is 0 Å². The first kappa shape index (κ1) is 32.6. The van der Waals surface area contributed by atoms with Crippen molar-refractivity contribution in [2.75, 3.05) is 0 Å². The molecular formula is C36H36I2N2O2Si2. The van der Waals surface area contributed by atoms with Gasteiger partial charge >= 0.3 is 0 Å². The molecule has 0 bridgehead atoms. The first-order chi connectivity index (χ1) is 20.9. The van der Waals surface area contributed by atoms with Gasteiger partial charge in [0.1, 0.15) is 11.5 Å². The first-order valence-electron chi connectivity index (χ1n) is 14.6. The molecule has 224 valence electrons. The van der Waals surface area contributed by atoms with Crippen LogP contribution in [0.5, 0.6) is 0 Å². The fraction of sp³-hybridized carbons (Fsp3) is 0.167. The van der Waals surface area contributed by atoms with Crippen molar-refractivity contribution in [3.8, 4) is 0 Å². The highest BCUT2D eigenvalue weighted by molar-refractivity contribution is 14.1. The molecular weight excluding hydrogens is 802 g/mol. The minimum absolute atomic E-state index is 0.698. The van der Waals surface area contributed by atoms with E-state index in [2.05, 4.69) is 131 Å². The summed E-state index contributed by atoms with van der Waals surface area (Å²) in [6.07, 6.45) is 0. The van der Waals surface area contributed by atoms with Crippen molar-refractivity contribution in [3.05, 3.63) is 138 Å². The molecule has 2 heterocycles. The molecule has 2 aliphatic heterocycles. The van der Waals surface area contributed by atoms with Crippen molar-refractivity contribution < 1.29 is 9.47 Å². The zero-order valence-corrected chi connectivity index (χ0v) is 32.2. The Morgan fingerprint density at radius 1 is 0.455 bits per heavy atom. The Bertz CT molecular complexity index is 1650. The molecule has 0 unspecified atom stereocenters. The van der Waals surface area contributed by atoms with Crippen molar-refractivity contribution in [2.45, 2.75) is 39.3 Å². The van der Waals surface area contributed by atoms with E-state index in [1.165, 1.54) is 6.41 Å². The maximum Gasteiger partial charge on any atom is 0.227 e. The Morgan fingerprint density at radius 3 is 1.07 bits per heavy atom. The number of nitrogens with zero attached hydrogens (tertiary/aromatic N) is 2. The van der Waals surface area contributed by atoms with Crippen LogP contribution < -0.4 is 0 Å². The summed E-state index contributed by atoms with van der Waals surface area (Å²) in [6.45, 7) is 14.0. The van der Waals surface area contributed by atoms with E-state index < -0.39 is 16.1 Å². The van der Waals surface area contributed by atoms with Crippen LogP contribution in [0.15, 0.2) is 126 Å². The topological polar surface area (TPSA) is 43.2 Å². The smallest absolute Gasteiger partial charge is 0.227 e. The van der Waals surface area contributed by atoms with Crippen LogP contribution in [0.1, 0.15) is 22.3 Å². The average Bonchev–Trinajstić information content (AvgIpc) is 3.55. The van der Waals surface area contributed by atoms with E-state index in [1.54, 1.807) is 0 Å². The zero-order valence-electron chi connectivity index (χ0n) is 25.9. The number of hydrogen-bond donors (Lipinski definition) is 0. The van der Waals surface area contributed by atoms with Gasteiger partial charge in [0.2, 0.25) is 11.8 Å². The monoisotopic (exact) mass is 838 g/mol. The summed E-state index contributed by atoms with van der Waals surface area (Å²) in [5.74, 6) is 3.38. The van der Waals surface area contributed by atoms with E-state index in [1.807, 2.05) is 72.8 Å². The second kappa shape index (κ2) is 13.7. The fourth-order valence-corrected chi connectivity index (χ4v) is 7.10. The number of para-hydroxylation sites is 2. The van der Waals surface area contributed by atoms with Crippen LogP contribution in [-0.2, 0) is 9.47 Å². The lowest BCUT2D eigenvalue weighted by Crippen LogP contribution is -2.21. The average molecular weight is 839 g/mol. The van der Waals surface area contributed by atoms with E-state index in [0.717, 1.165) is 45.1 Å². The third-order valence-corrected chi connectivity index (χ3v) is 20.7. The Kier molecular flexibility index (Phi) is 10.1. The fourth-order valence-electron chi connectivity index (χ4n) is 4.56. The first-order valence-corrected chi connectivity index (χ1v) is 23.7. The third-order valence-electron chi connectivity index (χ3n) is 6.89. The summed E-state index contributed by atoms with van der Waals surface area (Å²) in [4.78, 5) is 9.37. The molecule has 4 aromatic rings. The summed E-state index contributed by atoms with van der Waals surface area (Å²) < 4.78 is 15.0. The number of fused-ring (bicyclic) bond motifs is 2. The SMILES string of the molecule is C[Si](C)(C)/C(I)=C1\OC(=Nc2ccccc2)c2ccccc21.C[Si](C)(C)/C(I)=C1\OC(=Nc2ccccc2)c2ccccc21. The van der Waals surface area contributed by atoms with Crippen LogP contribution in [-0.4, -0.2) is 27.9 Å². The van der Waals surface area contributed by atoms with Crippen molar-refractivity contribution >= 4 is 96.0 Å². The highest BCUT2D eigenvalue weighted by atomic mass is 127. The van der Waals surface area contributed by atoms with Gasteiger partial charge in [-0.15, -0.1) is 0 Å². The quantitative estimate of drug-likeness (QED) is 0.152. The Balaban J connectivity index is 0.000000175.